The van der Waals surface area contributed by atoms with Gasteiger partial charge in [0.15, 0.2) is 17.9 Å². The van der Waals surface area contributed by atoms with E-state index in [2.05, 4.69) is 6.58 Å². The van der Waals surface area contributed by atoms with Crippen LogP contribution in [-0.4, -0.2) is 24.5 Å². The topological polar surface area (TPSA) is 53.7 Å². The van der Waals surface area contributed by atoms with Crippen LogP contribution in [-0.2, 0) is 14.2 Å². The van der Waals surface area contributed by atoms with Crippen molar-refractivity contribution in [3.8, 4) is 0 Å². The van der Waals surface area contributed by atoms with Gasteiger partial charge < -0.3 is 14.2 Å². The molecule has 2 N–H and O–H groups in total. The fourth-order valence-corrected chi connectivity index (χ4v) is 1.65. The largest absolute Gasteiger partial charge is 0.489 e. The third-order valence-electron chi connectivity index (χ3n) is 2.55. The SMILES string of the molecule is C=C(CC)OC1CO[C@]2(N)C=CO[C@H]12. The Hall–Kier alpha value is -1.00. The summed E-state index contributed by atoms with van der Waals surface area (Å²) < 4.78 is 16.3. The third-order valence-corrected chi connectivity index (χ3v) is 2.55. The molecule has 0 saturated carbocycles. The van der Waals surface area contributed by atoms with E-state index >= 15 is 0 Å². The van der Waals surface area contributed by atoms with E-state index in [0.29, 0.717) is 6.61 Å². The predicted octanol–water partition coefficient (Wildman–Crippen LogP) is 0.893. The highest BCUT2D eigenvalue weighted by molar-refractivity contribution is 5.13. The lowest BCUT2D eigenvalue weighted by atomic mass is 10.1. The Morgan fingerprint density at radius 2 is 2.57 bits per heavy atom. The Morgan fingerprint density at radius 3 is 3.29 bits per heavy atom. The summed E-state index contributed by atoms with van der Waals surface area (Å²) in [6.07, 6.45) is 3.67. The molecular weight excluding hydrogens is 182 g/mol. The van der Waals surface area contributed by atoms with E-state index in [9.17, 15) is 0 Å². The van der Waals surface area contributed by atoms with Crippen LogP contribution in [0.4, 0.5) is 0 Å². The van der Waals surface area contributed by atoms with Crippen LogP contribution >= 0.6 is 0 Å². The van der Waals surface area contributed by atoms with Crippen molar-refractivity contribution >= 4 is 0 Å². The van der Waals surface area contributed by atoms with Crippen molar-refractivity contribution in [2.75, 3.05) is 6.61 Å². The van der Waals surface area contributed by atoms with Gasteiger partial charge in [-0.3, -0.25) is 5.73 Å². The summed E-state index contributed by atoms with van der Waals surface area (Å²) in [4.78, 5) is 0. The first-order valence-electron chi connectivity index (χ1n) is 4.76. The van der Waals surface area contributed by atoms with Gasteiger partial charge >= 0.3 is 0 Å². The van der Waals surface area contributed by atoms with E-state index in [-0.39, 0.29) is 12.2 Å². The van der Waals surface area contributed by atoms with Crippen LogP contribution < -0.4 is 5.73 Å². The molecule has 2 aliphatic rings. The Kier molecular flexibility index (Phi) is 2.25. The number of allylic oxidation sites excluding steroid dienone is 1. The fraction of sp³-hybridized carbons (Fsp3) is 0.600. The lowest BCUT2D eigenvalue weighted by Gasteiger charge is -2.23. The maximum absolute atomic E-state index is 5.93. The Labute approximate surface area is 83.3 Å². The number of hydrogen-bond acceptors (Lipinski definition) is 4. The van der Waals surface area contributed by atoms with Gasteiger partial charge in [0, 0.05) is 12.5 Å². The normalized spacial score (nSPS) is 39.3. The Morgan fingerprint density at radius 1 is 1.79 bits per heavy atom. The second-order valence-corrected chi connectivity index (χ2v) is 3.57. The summed E-state index contributed by atoms with van der Waals surface area (Å²) in [6, 6.07) is 0. The molecule has 1 saturated heterocycles. The number of ether oxygens (including phenoxy) is 3. The van der Waals surface area contributed by atoms with Crippen molar-refractivity contribution in [2.45, 2.75) is 31.3 Å². The van der Waals surface area contributed by atoms with Crippen LogP contribution in [0.3, 0.4) is 0 Å². The zero-order valence-corrected chi connectivity index (χ0v) is 8.23. The average Bonchev–Trinajstić information content (AvgIpc) is 2.65. The summed E-state index contributed by atoms with van der Waals surface area (Å²) in [5.74, 6) is 0.735. The fourth-order valence-electron chi connectivity index (χ4n) is 1.65. The van der Waals surface area contributed by atoms with Crippen molar-refractivity contribution in [1.29, 1.82) is 0 Å². The molecule has 2 rings (SSSR count). The molecule has 0 spiro atoms. The predicted molar refractivity (Wildman–Crippen MR) is 51.2 cm³/mol. The summed E-state index contributed by atoms with van der Waals surface area (Å²) in [5, 5.41) is 0. The Bertz CT molecular complexity index is 277. The molecule has 14 heavy (non-hydrogen) atoms. The van der Waals surface area contributed by atoms with Gasteiger partial charge in [-0.05, 0) is 0 Å². The molecule has 0 aromatic carbocycles. The second kappa shape index (κ2) is 3.29. The van der Waals surface area contributed by atoms with Crippen LogP contribution in [0.25, 0.3) is 0 Å². The minimum Gasteiger partial charge on any atom is -0.489 e. The van der Waals surface area contributed by atoms with Gasteiger partial charge in [0.1, 0.15) is 0 Å². The van der Waals surface area contributed by atoms with Gasteiger partial charge in [-0.15, -0.1) is 0 Å². The van der Waals surface area contributed by atoms with E-state index in [4.69, 9.17) is 19.9 Å². The molecule has 4 heteroatoms. The van der Waals surface area contributed by atoms with E-state index in [1.165, 1.54) is 0 Å². The maximum Gasteiger partial charge on any atom is 0.183 e. The van der Waals surface area contributed by atoms with Gasteiger partial charge in [-0.25, -0.2) is 0 Å². The third kappa shape index (κ3) is 1.40. The summed E-state index contributed by atoms with van der Waals surface area (Å²) in [7, 11) is 0. The van der Waals surface area contributed by atoms with Gasteiger partial charge in [-0.2, -0.15) is 0 Å². The lowest BCUT2D eigenvalue weighted by molar-refractivity contribution is -0.0124. The summed E-state index contributed by atoms with van der Waals surface area (Å²) in [6.45, 7) is 6.22. The van der Waals surface area contributed by atoms with Crippen LogP contribution in [0.1, 0.15) is 13.3 Å². The minimum atomic E-state index is -0.807. The molecule has 0 aromatic heterocycles. The Balaban J connectivity index is 2.01. The zero-order chi connectivity index (χ0) is 10.2. The number of fused-ring (bicyclic) bond motifs is 1. The van der Waals surface area contributed by atoms with E-state index in [1.54, 1.807) is 12.3 Å². The second-order valence-electron chi connectivity index (χ2n) is 3.57. The molecule has 4 nitrogen and oxygen atoms in total. The van der Waals surface area contributed by atoms with Crippen molar-refractivity contribution in [3.63, 3.8) is 0 Å². The molecule has 2 heterocycles. The van der Waals surface area contributed by atoms with Crippen molar-refractivity contribution in [3.05, 3.63) is 24.7 Å². The van der Waals surface area contributed by atoms with Crippen molar-refractivity contribution in [1.82, 2.24) is 0 Å². The van der Waals surface area contributed by atoms with Crippen LogP contribution in [0, 0.1) is 0 Å². The first-order chi connectivity index (χ1) is 6.65. The molecule has 0 aliphatic carbocycles. The number of hydrogen-bond donors (Lipinski definition) is 1. The molecule has 1 unspecified atom stereocenters. The molecule has 0 amide bonds. The minimum absolute atomic E-state index is 0.151. The quantitative estimate of drug-likeness (QED) is 0.683. The van der Waals surface area contributed by atoms with Crippen molar-refractivity contribution < 1.29 is 14.2 Å². The molecule has 0 radical (unpaired) electrons. The summed E-state index contributed by atoms with van der Waals surface area (Å²) >= 11 is 0. The smallest absolute Gasteiger partial charge is 0.183 e. The van der Waals surface area contributed by atoms with Gasteiger partial charge in [0.2, 0.25) is 0 Å². The van der Waals surface area contributed by atoms with E-state index < -0.39 is 5.72 Å². The van der Waals surface area contributed by atoms with Crippen LogP contribution in [0.2, 0.25) is 0 Å². The monoisotopic (exact) mass is 197 g/mol. The molecule has 78 valence electrons. The first kappa shape index (κ1) is 9.55. The van der Waals surface area contributed by atoms with Gasteiger partial charge in [-0.1, -0.05) is 13.5 Å². The highest BCUT2D eigenvalue weighted by atomic mass is 16.6. The standard InChI is InChI=1S/C10H15NO3/c1-3-7(2)14-8-6-13-10(11)4-5-12-9(8)10/h4-5,8-9H,2-3,6,11H2,1H3/t8?,9-,10-/m1/s1. The highest BCUT2D eigenvalue weighted by Gasteiger charge is 2.51. The maximum atomic E-state index is 5.93. The van der Waals surface area contributed by atoms with Crippen LogP contribution in [0.5, 0.6) is 0 Å². The molecular formula is C10H15NO3. The molecule has 2 aliphatic heterocycles. The highest BCUT2D eigenvalue weighted by Crippen LogP contribution is 2.33. The molecule has 0 aromatic rings. The van der Waals surface area contributed by atoms with Crippen molar-refractivity contribution in [2.24, 2.45) is 5.73 Å². The average molecular weight is 197 g/mol. The molecule has 0 bridgehead atoms. The summed E-state index contributed by atoms with van der Waals surface area (Å²) in [5.41, 5.74) is 5.12. The molecule has 3 atom stereocenters. The number of rotatable bonds is 3. The van der Waals surface area contributed by atoms with Gasteiger partial charge in [0.05, 0.1) is 18.6 Å². The van der Waals surface area contributed by atoms with E-state index in [1.807, 2.05) is 6.92 Å². The van der Waals surface area contributed by atoms with Crippen LogP contribution in [0.15, 0.2) is 24.7 Å². The zero-order valence-electron chi connectivity index (χ0n) is 8.23. The lowest BCUT2D eigenvalue weighted by Crippen LogP contribution is -2.47. The van der Waals surface area contributed by atoms with Gasteiger partial charge in [0.25, 0.3) is 0 Å². The number of nitrogens with two attached hydrogens (primary N) is 1. The molecule has 1 fully saturated rings. The first-order valence-corrected chi connectivity index (χ1v) is 4.76. The van der Waals surface area contributed by atoms with E-state index in [0.717, 1.165) is 12.2 Å².